The highest BCUT2D eigenvalue weighted by Crippen LogP contribution is 2.38. The summed E-state index contributed by atoms with van der Waals surface area (Å²) in [6.07, 6.45) is 6.70. The quantitative estimate of drug-likeness (QED) is 0.709. The molecule has 0 bridgehead atoms. The van der Waals surface area contributed by atoms with Crippen molar-refractivity contribution in [3.05, 3.63) is 29.8 Å². The van der Waals surface area contributed by atoms with Crippen LogP contribution in [0.4, 0.5) is 0 Å². The second-order valence-electron chi connectivity index (χ2n) is 6.29. The van der Waals surface area contributed by atoms with Crippen molar-refractivity contribution in [2.45, 2.75) is 44.4 Å². The number of ether oxygens (including phenoxy) is 2. The van der Waals surface area contributed by atoms with Crippen molar-refractivity contribution in [2.24, 2.45) is 5.92 Å². The Hall–Kier alpha value is -1.55. The molecular formula is C19H29NO3. The molecule has 1 aromatic rings. The van der Waals surface area contributed by atoms with Crippen LogP contribution in [0.5, 0.6) is 5.75 Å². The van der Waals surface area contributed by atoms with Crippen molar-refractivity contribution in [3.63, 3.8) is 0 Å². The van der Waals surface area contributed by atoms with Gasteiger partial charge in [-0.3, -0.25) is 4.79 Å². The van der Waals surface area contributed by atoms with Gasteiger partial charge in [0.05, 0.1) is 13.0 Å². The van der Waals surface area contributed by atoms with Gasteiger partial charge >= 0.3 is 0 Å². The first-order valence-electron chi connectivity index (χ1n) is 8.67. The maximum absolute atomic E-state index is 12.7. The van der Waals surface area contributed by atoms with Crippen LogP contribution in [0.3, 0.4) is 0 Å². The summed E-state index contributed by atoms with van der Waals surface area (Å²) < 4.78 is 10.3. The zero-order chi connectivity index (χ0) is 16.5. The number of methoxy groups -OCH3 is 2. The molecule has 1 unspecified atom stereocenters. The van der Waals surface area contributed by atoms with Crippen LogP contribution >= 0.6 is 0 Å². The lowest BCUT2D eigenvalue weighted by Crippen LogP contribution is -2.33. The number of benzene rings is 1. The maximum atomic E-state index is 12.7. The van der Waals surface area contributed by atoms with Crippen LogP contribution < -0.4 is 10.1 Å². The van der Waals surface area contributed by atoms with E-state index in [9.17, 15) is 4.79 Å². The Morgan fingerprint density at radius 2 is 1.87 bits per heavy atom. The van der Waals surface area contributed by atoms with E-state index >= 15 is 0 Å². The van der Waals surface area contributed by atoms with Gasteiger partial charge in [-0.25, -0.2) is 0 Å². The van der Waals surface area contributed by atoms with Crippen molar-refractivity contribution in [1.82, 2.24) is 5.32 Å². The molecule has 0 radical (unpaired) electrons. The highest BCUT2D eigenvalue weighted by atomic mass is 16.5. The first-order chi connectivity index (χ1) is 11.3. The zero-order valence-electron chi connectivity index (χ0n) is 14.3. The molecule has 0 spiro atoms. The second kappa shape index (κ2) is 9.56. The van der Waals surface area contributed by atoms with Gasteiger partial charge in [0, 0.05) is 20.3 Å². The number of rotatable bonds is 9. The Labute approximate surface area is 139 Å². The Kier molecular flexibility index (Phi) is 7.40. The molecule has 1 saturated carbocycles. The van der Waals surface area contributed by atoms with E-state index < -0.39 is 0 Å². The van der Waals surface area contributed by atoms with Gasteiger partial charge in [-0.15, -0.1) is 0 Å². The van der Waals surface area contributed by atoms with Gasteiger partial charge in [-0.2, -0.15) is 0 Å². The Morgan fingerprint density at radius 3 is 2.48 bits per heavy atom. The van der Waals surface area contributed by atoms with E-state index in [1.165, 1.54) is 12.8 Å². The Balaban J connectivity index is 1.99. The molecule has 23 heavy (non-hydrogen) atoms. The van der Waals surface area contributed by atoms with E-state index in [2.05, 4.69) is 5.32 Å². The summed E-state index contributed by atoms with van der Waals surface area (Å²) in [7, 11) is 3.37. The molecule has 1 aromatic carbocycles. The van der Waals surface area contributed by atoms with Gasteiger partial charge < -0.3 is 14.8 Å². The fourth-order valence-corrected chi connectivity index (χ4v) is 3.43. The van der Waals surface area contributed by atoms with Crippen LogP contribution in [0.25, 0.3) is 0 Å². The fourth-order valence-electron chi connectivity index (χ4n) is 3.43. The van der Waals surface area contributed by atoms with Crippen molar-refractivity contribution < 1.29 is 14.3 Å². The molecule has 1 N–H and O–H groups in total. The number of carbonyl (C=O) groups is 1. The average Bonchev–Trinajstić information content (AvgIpc) is 3.09. The smallest absolute Gasteiger partial charge is 0.227 e. The molecule has 4 heteroatoms. The van der Waals surface area contributed by atoms with E-state index in [0.717, 1.165) is 50.1 Å². The molecule has 1 aliphatic rings. The average molecular weight is 319 g/mol. The minimum absolute atomic E-state index is 0.0363. The largest absolute Gasteiger partial charge is 0.497 e. The van der Waals surface area contributed by atoms with Crippen LogP contribution in [0, 0.1) is 5.92 Å². The molecule has 128 valence electrons. The van der Waals surface area contributed by atoms with Crippen LogP contribution in [0.15, 0.2) is 24.3 Å². The second-order valence-corrected chi connectivity index (χ2v) is 6.29. The summed E-state index contributed by atoms with van der Waals surface area (Å²) in [4.78, 5) is 12.7. The summed E-state index contributed by atoms with van der Waals surface area (Å²) in [6, 6.07) is 7.96. The van der Waals surface area contributed by atoms with Gasteiger partial charge in [0.25, 0.3) is 0 Å². The topological polar surface area (TPSA) is 47.6 Å². The molecule has 0 aromatic heterocycles. The summed E-state index contributed by atoms with van der Waals surface area (Å²) in [5.74, 6) is 1.42. The molecule has 0 aliphatic heterocycles. The predicted molar refractivity (Wildman–Crippen MR) is 91.8 cm³/mol. The summed E-state index contributed by atoms with van der Waals surface area (Å²) in [5.41, 5.74) is 1.10. The zero-order valence-corrected chi connectivity index (χ0v) is 14.3. The number of unbranched alkanes of at least 4 members (excludes halogenated alkanes) is 1. The third-order valence-corrected chi connectivity index (χ3v) is 4.70. The highest BCUT2D eigenvalue weighted by molar-refractivity contribution is 5.84. The molecule has 2 rings (SSSR count). The first kappa shape index (κ1) is 17.8. The lowest BCUT2D eigenvalue weighted by atomic mass is 9.84. The van der Waals surface area contributed by atoms with Crippen molar-refractivity contribution in [3.8, 4) is 5.75 Å². The highest BCUT2D eigenvalue weighted by Gasteiger charge is 2.31. The van der Waals surface area contributed by atoms with Crippen molar-refractivity contribution >= 4 is 5.91 Å². The maximum Gasteiger partial charge on any atom is 0.227 e. The van der Waals surface area contributed by atoms with Crippen LogP contribution in [0.2, 0.25) is 0 Å². The summed E-state index contributed by atoms with van der Waals surface area (Å²) in [5, 5.41) is 3.12. The Morgan fingerprint density at radius 1 is 1.17 bits per heavy atom. The van der Waals surface area contributed by atoms with E-state index in [1.807, 2.05) is 24.3 Å². The summed E-state index contributed by atoms with van der Waals surface area (Å²) >= 11 is 0. The van der Waals surface area contributed by atoms with E-state index in [-0.39, 0.29) is 11.8 Å². The summed E-state index contributed by atoms with van der Waals surface area (Å²) in [6.45, 7) is 1.47. The van der Waals surface area contributed by atoms with Crippen molar-refractivity contribution in [1.29, 1.82) is 0 Å². The molecule has 1 fully saturated rings. The van der Waals surface area contributed by atoms with Gasteiger partial charge in [0.2, 0.25) is 5.91 Å². The molecule has 1 aliphatic carbocycles. The number of hydrogen-bond donors (Lipinski definition) is 1. The first-order valence-corrected chi connectivity index (χ1v) is 8.67. The number of hydrogen-bond acceptors (Lipinski definition) is 3. The normalized spacial score (nSPS) is 16.3. The van der Waals surface area contributed by atoms with Crippen LogP contribution in [0.1, 0.15) is 50.0 Å². The molecule has 1 amide bonds. The molecular weight excluding hydrogens is 290 g/mol. The molecule has 0 saturated heterocycles. The SMILES string of the molecule is COCCCCNC(=O)C(c1ccc(OC)cc1)C1CCCC1. The minimum Gasteiger partial charge on any atom is -0.497 e. The molecule has 4 nitrogen and oxygen atoms in total. The molecule has 0 heterocycles. The lowest BCUT2D eigenvalue weighted by Gasteiger charge is -2.23. The van der Waals surface area contributed by atoms with E-state index in [4.69, 9.17) is 9.47 Å². The molecule has 1 atom stereocenters. The van der Waals surface area contributed by atoms with Crippen LogP contribution in [-0.2, 0) is 9.53 Å². The standard InChI is InChI=1S/C19H29NO3/c1-22-14-6-5-13-20-19(21)18(15-7-3-4-8-15)16-9-11-17(23-2)12-10-16/h9-12,15,18H,3-8,13-14H2,1-2H3,(H,20,21). The minimum atomic E-state index is -0.0363. The third-order valence-electron chi connectivity index (χ3n) is 4.70. The monoisotopic (exact) mass is 319 g/mol. The fraction of sp³-hybridized carbons (Fsp3) is 0.632. The van der Waals surface area contributed by atoms with Gasteiger partial charge in [-0.05, 0) is 49.3 Å². The lowest BCUT2D eigenvalue weighted by molar-refractivity contribution is -0.123. The number of amides is 1. The predicted octanol–water partition coefficient (Wildman–Crippen LogP) is 3.51. The van der Waals surface area contributed by atoms with Gasteiger partial charge in [0.15, 0.2) is 0 Å². The number of nitrogens with one attached hydrogen (secondary N) is 1. The Bertz CT molecular complexity index is 466. The van der Waals surface area contributed by atoms with Gasteiger partial charge in [-0.1, -0.05) is 25.0 Å². The van der Waals surface area contributed by atoms with Crippen LogP contribution in [-0.4, -0.2) is 33.3 Å². The van der Waals surface area contributed by atoms with Gasteiger partial charge in [0.1, 0.15) is 5.75 Å². The number of carbonyl (C=O) groups excluding carboxylic acids is 1. The van der Waals surface area contributed by atoms with Crippen molar-refractivity contribution in [2.75, 3.05) is 27.4 Å². The van der Waals surface area contributed by atoms with E-state index in [0.29, 0.717) is 5.92 Å². The van der Waals surface area contributed by atoms with E-state index in [1.54, 1.807) is 14.2 Å². The third kappa shape index (κ3) is 5.24.